The van der Waals surface area contributed by atoms with Crippen molar-refractivity contribution < 1.29 is 24.5 Å². The first-order valence-electron chi connectivity index (χ1n) is 6.45. The zero-order valence-corrected chi connectivity index (χ0v) is 11.7. The lowest BCUT2D eigenvalue weighted by molar-refractivity contribution is -0.135. The molecule has 0 saturated heterocycles. The first-order valence-corrected chi connectivity index (χ1v) is 6.45. The van der Waals surface area contributed by atoms with Gasteiger partial charge in [0.1, 0.15) is 23.6 Å². The molecule has 0 bridgehead atoms. The number of rotatable bonds is 5. The summed E-state index contributed by atoms with van der Waals surface area (Å²) < 4.78 is 5.29. The van der Waals surface area contributed by atoms with Gasteiger partial charge < -0.3 is 25.3 Å². The van der Waals surface area contributed by atoms with Gasteiger partial charge in [-0.15, -0.1) is 0 Å². The molecule has 2 aromatic rings. The standard InChI is InChI=1S/C14H14N2O6/c1-2-22-7-3-4-8-9(5-7)16-14(21)11(12(8)19)13(20)15-6-10(17)18/h3-5H,2,6H2,1H3,(H,15,20)(H,17,18)(H2,16,19,21). The maximum absolute atomic E-state index is 11.9. The van der Waals surface area contributed by atoms with Crippen molar-refractivity contribution in [3.63, 3.8) is 0 Å². The largest absolute Gasteiger partial charge is 0.506 e. The fourth-order valence-electron chi connectivity index (χ4n) is 1.97. The molecule has 1 heterocycles. The van der Waals surface area contributed by atoms with Crippen molar-refractivity contribution in [2.24, 2.45) is 0 Å². The number of aromatic amines is 1. The Labute approximate surface area is 124 Å². The molecular formula is C14H14N2O6. The maximum Gasteiger partial charge on any atom is 0.322 e. The van der Waals surface area contributed by atoms with Crippen LogP contribution in [0.4, 0.5) is 0 Å². The molecule has 0 aliphatic heterocycles. The van der Waals surface area contributed by atoms with Crippen LogP contribution >= 0.6 is 0 Å². The number of benzene rings is 1. The number of hydrogen-bond acceptors (Lipinski definition) is 5. The molecule has 8 heteroatoms. The molecule has 0 radical (unpaired) electrons. The molecule has 0 atom stereocenters. The average Bonchev–Trinajstić information content (AvgIpc) is 2.45. The summed E-state index contributed by atoms with van der Waals surface area (Å²) in [5.41, 5.74) is -1.04. The molecule has 1 amide bonds. The molecule has 0 aliphatic rings. The maximum atomic E-state index is 11.9. The topological polar surface area (TPSA) is 129 Å². The van der Waals surface area contributed by atoms with Crippen LogP contribution < -0.4 is 15.6 Å². The fourth-order valence-corrected chi connectivity index (χ4v) is 1.97. The van der Waals surface area contributed by atoms with Crippen LogP contribution in [0.15, 0.2) is 23.0 Å². The lowest BCUT2D eigenvalue weighted by Gasteiger charge is -2.09. The Balaban J connectivity index is 2.49. The molecule has 0 unspecified atom stereocenters. The summed E-state index contributed by atoms with van der Waals surface area (Å²) in [6.07, 6.45) is 0. The number of carboxylic acid groups (broad SMARTS) is 1. The van der Waals surface area contributed by atoms with E-state index in [1.165, 1.54) is 12.1 Å². The third-order valence-electron chi connectivity index (χ3n) is 2.90. The van der Waals surface area contributed by atoms with E-state index in [1.807, 2.05) is 5.32 Å². The highest BCUT2D eigenvalue weighted by molar-refractivity contribution is 6.03. The highest BCUT2D eigenvalue weighted by atomic mass is 16.5. The highest BCUT2D eigenvalue weighted by Crippen LogP contribution is 2.27. The molecule has 1 aromatic carbocycles. The average molecular weight is 306 g/mol. The number of hydrogen-bond donors (Lipinski definition) is 4. The van der Waals surface area contributed by atoms with E-state index in [2.05, 4.69) is 4.98 Å². The van der Waals surface area contributed by atoms with Crippen LogP contribution in [-0.4, -0.2) is 40.2 Å². The van der Waals surface area contributed by atoms with Crippen LogP contribution in [0.2, 0.25) is 0 Å². The Morgan fingerprint density at radius 3 is 2.73 bits per heavy atom. The summed E-state index contributed by atoms with van der Waals surface area (Å²) in [6.45, 7) is 1.59. The van der Waals surface area contributed by atoms with Gasteiger partial charge in [0.2, 0.25) is 0 Å². The van der Waals surface area contributed by atoms with Gasteiger partial charge in [0.15, 0.2) is 0 Å². The molecule has 4 N–H and O–H groups in total. The van der Waals surface area contributed by atoms with Crippen LogP contribution in [0.3, 0.4) is 0 Å². The molecule has 116 valence electrons. The first-order chi connectivity index (χ1) is 10.4. The SMILES string of the molecule is CCOc1ccc2c(O)c(C(=O)NCC(=O)O)c(=O)[nH]c2c1. The highest BCUT2D eigenvalue weighted by Gasteiger charge is 2.19. The molecule has 8 nitrogen and oxygen atoms in total. The van der Waals surface area contributed by atoms with E-state index >= 15 is 0 Å². The first kappa shape index (κ1) is 15.4. The zero-order valence-electron chi connectivity index (χ0n) is 11.7. The Bertz CT molecular complexity index is 796. The minimum absolute atomic E-state index is 0.253. The van der Waals surface area contributed by atoms with Crippen LogP contribution in [0, 0.1) is 0 Å². The summed E-state index contributed by atoms with van der Waals surface area (Å²) >= 11 is 0. The Hall–Kier alpha value is -3.03. The number of H-pyrrole nitrogens is 1. The van der Waals surface area contributed by atoms with Crippen LogP contribution in [0.1, 0.15) is 17.3 Å². The Kier molecular flexibility index (Phi) is 4.31. The van der Waals surface area contributed by atoms with E-state index in [0.29, 0.717) is 17.9 Å². The summed E-state index contributed by atoms with van der Waals surface area (Å²) in [5.74, 6) is -2.22. The van der Waals surface area contributed by atoms with Gasteiger partial charge in [-0.2, -0.15) is 0 Å². The van der Waals surface area contributed by atoms with E-state index in [4.69, 9.17) is 9.84 Å². The predicted molar refractivity (Wildman–Crippen MR) is 77.4 cm³/mol. The molecule has 2 rings (SSSR count). The molecular weight excluding hydrogens is 292 g/mol. The molecule has 1 aromatic heterocycles. The Morgan fingerprint density at radius 2 is 2.09 bits per heavy atom. The number of fused-ring (bicyclic) bond motifs is 1. The minimum Gasteiger partial charge on any atom is -0.506 e. The molecule has 0 fully saturated rings. The van der Waals surface area contributed by atoms with E-state index in [1.54, 1.807) is 13.0 Å². The number of pyridine rings is 1. The normalized spacial score (nSPS) is 10.4. The summed E-state index contributed by atoms with van der Waals surface area (Å²) in [4.78, 5) is 36.7. The van der Waals surface area contributed by atoms with E-state index in [-0.39, 0.29) is 5.39 Å². The van der Waals surface area contributed by atoms with Crippen LogP contribution in [0.25, 0.3) is 10.9 Å². The van der Waals surface area contributed by atoms with Gasteiger partial charge >= 0.3 is 5.97 Å². The molecule has 0 spiro atoms. The monoisotopic (exact) mass is 306 g/mol. The molecule has 0 aliphatic carbocycles. The second kappa shape index (κ2) is 6.17. The van der Waals surface area contributed by atoms with Crippen molar-refractivity contribution in [2.45, 2.75) is 6.92 Å². The number of carboxylic acids is 1. The van der Waals surface area contributed by atoms with Gasteiger partial charge in [-0.25, -0.2) is 0 Å². The number of aromatic nitrogens is 1. The van der Waals surface area contributed by atoms with Crippen molar-refractivity contribution in [3.8, 4) is 11.5 Å². The number of nitrogens with one attached hydrogen (secondary N) is 2. The predicted octanol–water partition coefficient (Wildman–Crippen LogP) is 0.447. The van der Waals surface area contributed by atoms with E-state index in [0.717, 1.165) is 0 Å². The summed E-state index contributed by atoms with van der Waals surface area (Å²) in [7, 11) is 0. The van der Waals surface area contributed by atoms with Crippen LogP contribution in [-0.2, 0) is 4.79 Å². The lowest BCUT2D eigenvalue weighted by Crippen LogP contribution is -2.33. The van der Waals surface area contributed by atoms with Gasteiger partial charge in [0.05, 0.1) is 12.1 Å². The zero-order chi connectivity index (χ0) is 16.3. The van der Waals surface area contributed by atoms with Crippen molar-refractivity contribution in [2.75, 3.05) is 13.2 Å². The van der Waals surface area contributed by atoms with Crippen molar-refractivity contribution in [1.29, 1.82) is 0 Å². The number of amides is 1. The van der Waals surface area contributed by atoms with Gasteiger partial charge in [-0.3, -0.25) is 14.4 Å². The number of aromatic hydroxyl groups is 1. The third-order valence-corrected chi connectivity index (χ3v) is 2.90. The number of aliphatic carboxylic acids is 1. The summed E-state index contributed by atoms with van der Waals surface area (Å²) in [5, 5.41) is 20.9. The lowest BCUT2D eigenvalue weighted by atomic mass is 10.1. The smallest absolute Gasteiger partial charge is 0.322 e. The van der Waals surface area contributed by atoms with E-state index in [9.17, 15) is 19.5 Å². The van der Waals surface area contributed by atoms with Gasteiger partial charge in [-0.05, 0) is 19.1 Å². The van der Waals surface area contributed by atoms with Crippen molar-refractivity contribution in [1.82, 2.24) is 10.3 Å². The van der Waals surface area contributed by atoms with E-state index < -0.39 is 35.3 Å². The van der Waals surface area contributed by atoms with Gasteiger partial charge in [-0.1, -0.05) is 0 Å². The number of carbonyl (C=O) groups is 2. The Morgan fingerprint density at radius 1 is 1.36 bits per heavy atom. The van der Waals surface area contributed by atoms with Gasteiger partial charge in [0.25, 0.3) is 11.5 Å². The second-order valence-corrected chi connectivity index (χ2v) is 4.39. The third kappa shape index (κ3) is 3.00. The summed E-state index contributed by atoms with van der Waals surface area (Å²) in [6, 6.07) is 4.61. The number of carbonyl (C=O) groups excluding carboxylic acids is 1. The number of ether oxygens (including phenoxy) is 1. The molecule has 0 saturated carbocycles. The van der Waals surface area contributed by atoms with Gasteiger partial charge in [0, 0.05) is 11.5 Å². The second-order valence-electron chi connectivity index (χ2n) is 4.39. The quantitative estimate of drug-likeness (QED) is 0.634. The fraction of sp³-hybridized carbons (Fsp3) is 0.214. The van der Waals surface area contributed by atoms with Crippen molar-refractivity contribution >= 4 is 22.8 Å². The van der Waals surface area contributed by atoms with Crippen molar-refractivity contribution in [3.05, 3.63) is 34.1 Å². The minimum atomic E-state index is -1.26. The van der Waals surface area contributed by atoms with Crippen LogP contribution in [0.5, 0.6) is 11.5 Å². The molecule has 22 heavy (non-hydrogen) atoms.